The standard InChI is InChI=1S/C22H27N3O4S/c1-16-6-3-4-13-25(16)30(28,29)21-11-9-19(10-12-21)22(27)23-15-18-7-5-8-20(14-18)24-17(2)26/h5,7-12,14,16H,3-4,6,13,15H2,1-2H3,(H,23,27)(H,24,26). The normalized spacial score (nSPS) is 17.3. The van der Waals surface area contributed by atoms with E-state index in [9.17, 15) is 18.0 Å². The molecule has 8 heteroatoms. The van der Waals surface area contributed by atoms with Gasteiger partial charge in [-0.15, -0.1) is 0 Å². The zero-order chi connectivity index (χ0) is 21.7. The molecule has 0 aliphatic carbocycles. The fourth-order valence-electron chi connectivity index (χ4n) is 3.59. The Bertz CT molecular complexity index is 1020. The average Bonchev–Trinajstić information content (AvgIpc) is 2.72. The predicted octanol–water partition coefficient (Wildman–Crippen LogP) is 3.14. The summed E-state index contributed by atoms with van der Waals surface area (Å²) < 4.78 is 27.3. The number of hydrogen-bond donors (Lipinski definition) is 2. The van der Waals surface area contributed by atoms with Crippen LogP contribution >= 0.6 is 0 Å². The van der Waals surface area contributed by atoms with Gasteiger partial charge in [-0.3, -0.25) is 9.59 Å². The number of nitrogens with one attached hydrogen (secondary N) is 2. The zero-order valence-electron chi connectivity index (χ0n) is 17.2. The number of amides is 2. The molecule has 0 aromatic heterocycles. The topological polar surface area (TPSA) is 95.6 Å². The molecule has 1 saturated heterocycles. The van der Waals surface area contributed by atoms with E-state index in [0.29, 0.717) is 17.8 Å². The lowest BCUT2D eigenvalue weighted by Crippen LogP contribution is -2.41. The van der Waals surface area contributed by atoms with Gasteiger partial charge in [0, 0.05) is 37.3 Å². The fraction of sp³-hybridized carbons (Fsp3) is 0.364. The number of sulfonamides is 1. The molecule has 7 nitrogen and oxygen atoms in total. The molecule has 1 aliphatic rings. The van der Waals surface area contributed by atoms with Gasteiger partial charge in [0.25, 0.3) is 5.91 Å². The highest BCUT2D eigenvalue weighted by molar-refractivity contribution is 7.89. The second-order valence-electron chi connectivity index (χ2n) is 7.55. The van der Waals surface area contributed by atoms with Crippen molar-refractivity contribution in [3.8, 4) is 0 Å². The molecule has 2 aromatic rings. The number of rotatable bonds is 6. The van der Waals surface area contributed by atoms with Gasteiger partial charge in [-0.05, 0) is 61.7 Å². The number of carbonyl (C=O) groups excluding carboxylic acids is 2. The van der Waals surface area contributed by atoms with Crippen LogP contribution in [-0.4, -0.2) is 37.1 Å². The van der Waals surface area contributed by atoms with Gasteiger partial charge in [-0.2, -0.15) is 4.31 Å². The lowest BCUT2D eigenvalue weighted by molar-refractivity contribution is -0.114. The number of carbonyl (C=O) groups is 2. The van der Waals surface area contributed by atoms with Gasteiger partial charge in [-0.1, -0.05) is 18.6 Å². The van der Waals surface area contributed by atoms with Gasteiger partial charge >= 0.3 is 0 Å². The average molecular weight is 430 g/mol. The van der Waals surface area contributed by atoms with Crippen molar-refractivity contribution in [2.75, 3.05) is 11.9 Å². The first-order valence-corrected chi connectivity index (χ1v) is 11.5. The predicted molar refractivity (Wildman–Crippen MR) is 116 cm³/mol. The minimum Gasteiger partial charge on any atom is -0.348 e. The molecule has 1 aliphatic heterocycles. The van der Waals surface area contributed by atoms with Crippen molar-refractivity contribution in [2.24, 2.45) is 0 Å². The van der Waals surface area contributed by atoms with Crippen LogP contribution in [0.25, 0.3) is 0 Å². The van der Waals surface area contributed by atoms with E-state index in [1.54, 1.807) is 22.5 Å². The van der Waals surface area contributed by atoms with Crippen molar-refractivity contribution < 1.29 is 18.0 Å². The summed E-state index contributed by atoms with van der Waals surface area (Å²) in [6.07, 6.45) is 2.77. The molecule has 3 rings (SSSR count). The molecular formula is C22H27N3O4S. The maximum Gasteiger partial charge on any atom is 0.251 e. The molecule has 1 atom stereocenters. The minimum absolute atomic E-state index is 0.0139. The van der Waals surface area contributed by atoms with Crippen LogP contribution in [-0.2, 0) is 21.4 Å². The summed E-state index contributed by atoms with van der Waals surface area (Å²) >= 11 is 0. The van der Waals surface area contributed by atoms with E-state index in [4.69, 9.17) is 0 Å². The van der Waals surface area contributed by atoms with E-state index in [0.717, 1.165) is 24.8 Å². The van der Waals surface area contributed by atoms with E-state index in [-0.39, 0.29) is 29.3 Å². The monoisotopic (exact) mass is 429 g/mol. The lowest BCUT2D eigenvalue weighted by atomic mass is 10.1. The minimum atomic E-state index is -3.56. The maximum atomic E-state index is 12.9. The third kappa shape index (κ3) is 5.25. The Morgan fingerprint density at radius 2 is 1.83 bits per heavy atom. The maximum absolute atomic E-state index is 12.9. The van der Waals surface area contributed by atoms with E-state index in [1.165, 1.54) is 31.2 Å². The van der Waals surface area contributed by atoms with Crippen LogP contribution in [0.4, 0.5) is 5.69 Å². The molecule has 2 aromatic carbocycles. The molecule has 160 valence electrons. The Morgan fingerprint density at radius 1 is 1.10 bits per heavy atom. The molecule has 0 radical (unpaired) electrons. The van der Waals surface area contributed by atoms with Crippen LogP contribution < -0.4 is 10.6 Å². The Labute approximate surface area is 177 Å². The molecule has 0 saturated carbocycles. The first-order valence-electron chi connectivity index (χ1n) is 10.0. The summed E-state index contributed by atoms with van der Waals surface area (Å²) in [7, 11) is -3.56. The summed E-state index contributed by atoms with van der Waals surface area (Å²) in [6.45, 7) is 4.19. The number of anilines is 1. The third-order valence-corrected chi connectivity index (χ3v) is 7.19. The van der Waals surface area contributed by atoms with E-state index < -0.39 is 10.0 Å². The smallest absolute Gasteiger partial charge is 0.251 e. The Morgan fingerprint density at radius 3 is 2.50 bits per heavy atom. The molecule has 0 bridgehead atoms. The van der Waals surface area contributed by atoms with Crippen LogP contribution in [0, 0.1) is 0 Å². The van der Waals surface area contributed by atoms with Crippen LogP contribution in [0.3, 0.4) is 0 Å². The molecule has 30 heavy (non-hydrogen) atoms. The van der Waals surface area contributed by atoms with Crippen molar-refractivity contribution >= 4 is 27.5 Å². The van der Waals surface area contributed by atoms with Crippen LogP contribution in [0.1, 0.15) is 49.0 Å². The summed E-state index contributed by atoms with van der Waals surface area (Å²) in [5.41, 5.74) is 1.89. The van der Waals surface area contributed by atoms with Gasteiger partial charge < -0.3 is 10.6 Å². The van der Waals surface area contributed by atoms with E-state index in [2.05, 4.69) is 10.6 Å². The van der Waals surface area contributed by atoms with Gasteiger partial charge in [-0.25, -0.2) is 8.42 Å². The largest absolute Gasteiger partial charge is 0.348 e. The van der Waals surface area contributed by atoms with Crippen molar-refractivity contribution in [3.63, 3.8) is 0 Å². The first-order chi connectivity index (χ1) is 14.3. The van der Waals surface area contributed by atoms with Crippen molar-refractivity contribution in [1.82, 2.24) is 9.62 Å². The second-order valence-corrected chi connectivity index (χ2v) is 9.44. The van der Waals surface area contributed by atoms with Crippen molar-refractivity contribution in [1.29, 1.82) is 0 Å². The highest BCUT2D eigenvalue weighted by Gasteiger charge is 2.30. The lowest BCUT2D eigenvalue weighted by Gasteiger charge is -2.32. The molecule has 0 spiro atoms. The first kappa shape index (κ1) is 22.0. The van der Waals surface area contributed by atoms with E-state index >= 15 is 0 Å². The van der Waals surface area contributed by atoms with Crippen molar-refractivity contribution in [2.45, 2.75) is 50.6 Å². The van der Waals surface area contributed by atoms with Crippen LogP contribution in [0.5, 0.6) is 0 Å². The van der Waals surface area contributed by atoms with Crippen LogP contribution in [0.2, 0.25) is 0 Å². The number of nitrogens with zero attached hydrogens (tertiary/aromatic N) is 1. The fourth-order valence-corrected chi connectivity index (χ4v) is 5.29. The summed E-state index contributed by atoms with van der Waals surface area (Å²) in [6, 6.07) is 13.2. The van der Waals surface area contributed by atoms with E-state index in [1.807, 2.05) is 13.0 Å². The molecule has 2 amide bonds. The summed E-state index contributed by atoms with van der Waals surface area (Å²) in [4.78, 5) is 23.8. The molecule has 1 unspecified atom stereocenters. The zero-order valence-corrected chi connectivity index (χ0v) is 18.0. The molecule has 1 heterocycles. The van der Waals surface area contributed by atoms with Gasteiger partial charge in [0.05, 0.1) is 4.90 Å². The molecule has 2 N–H and O–H groups in total. The number of piperidine rings is 1. The summed E-state index contributed by atoms with van der Waals surface area (Å²) in [5, 5.41) is 5.52. The Kier molecular flexibility index (Phi) is 6.89. The number of benzene rings is 2. The Hall–Kier alpha value is -2.71. The highest BCUT2D eigenvalue weighted by Crippen LogP contribution is 2.25. The summed E-state index contributed by atoms with van der Waals surface area (Å²) in [5.74, 6) is -0.458. The van der Waals surface area contributed by atoms with Crippen molar-refractivity contribution in [3.05, 3.63) is 59.7 Å². The molecule has 1 fully saturated rings. The quantitative estimate of drug-likeness (QED) is 0.737. The van der Waals surface area contributed by atoms with Gasteiger partial charge in [0.1, 0.15) is 0 Å². The third-order valence-electron chi connectivity index (χ3n) is 5.17. The SMILES string of the molecule is CC(=O)Nc1cccc(CNC(=O)c2ccc(S(=O)(=O)N3CCCCC3C)cc2)c1. The Balaban J connectivity index is 1.64. The molecular weight excluding hydrogens is 402 g/mol. The number of hydrogen-bond acceptors (Lipinski definition) is 4. The van der Waals surface area contributed by atoms with Gasteiger partial charge in [0.2, 0.25) is 15.9 Å². The highest BCUT2D eigenvalue weighted by atomic mass is 32.2. The second kappa shape index (κ2) is 9.40. The van der Waals surface area contributed by atoms with Gasteiger partial charge in [0.15, 0.2) is 0 Å². The van der Waals surface area contributed by atoms with Crippen LogP contribution in [0.15, 0.2) is 53.4 Å².